The van der Waals surface area contributed by atoms with E-state index in [-0.39, 0.29) is 11.3 Å². The first-order chi connectivity index (χ1) is 11.2. The third-order valence-corrected chi connectivity index (χ3v) is 5.00. The molecule has 1 aliphatic rings. The average molecular weight is 345 g/mol. The number of benzene rings is 1. The molecule has 1 nitrogen and oxygen atoms in total. The topological polar surface area (TPSA) is 12.4 Å². The van der Waals surface area contributed by atoms with Crippen LogP contribution < -0.4 is 0 Å². The standard InChI is InChI=1S/C18H13F2NS2/c19-17-9-13(21-11-22)10-18(20)16(17)7-6-14-4-5-15(23-14)8-12-2-1-3-12/h4-5,9-10,12H,1-3,8H2. The van der Waals surface area contributed by atoms with Gasteiger partial charge in [0.2, 0.25) is 0 Å². The molecule has 0 N–H and O–H groups in total. The van der Waals surface area contributed by atoms with Crippen molar-refractivity contribution in [3.05, 3.63) is 51.2 Å². The van der Waals surface area contributed by atoms with Crippen LogP contribution in [0.1, 0.15) is 34.6 Å². The summed E-state index contributed by atoms with van der Waals surface area (Å²) in [7, 11) is 0. The summed E-state index contributed by atoms with van der Waals surface area (Å²) < 4.78 is 27.8. The van der Waals surface area contributed by atoms with Gasteiger partial charge in [0.25, 0.3) is 0 Å². The van der Waals surface area contributed by atoms with E-state index >= 15 is 0 Å². The molecule has 23 heavy (non-hydrogen) atoms. The van der Waals surface area contributed by atoms with Gasteiger partial charge in [-0.15, -0.1) is 11.3 Å². The van der Waals surface area contributed by atoms with Crippen molar-refractivity contribution in [3.63, 3.8) is 0 Å². The number of halogens is 2. The molecule has 116 valence electrons. The Morgan fingerprint density at radius 2 is 1.91 bits per heavy atom. The minimum Gasteiger partial charge on any atom is -0.205 e. The van der Waals surface area contributed by atoms with Crippen LogP contribution in [-0.2, 0) is 6.42 Å². The van der Waals surface area contributed by atoms with E-state index in [9.17, 15) is 8.78 Å². The smallest absolute Gasteiger partial charge is 0.143 e. The van der Waals surface area contributed by atoms with Gasteiger partial charge < -0.3 is 0 Å². The highest BCUT2D eigenvalue weighted by atomic mass is 32.1. The van der Waals surface area contributed by atoms with Gasteiger partial charge in [-0.25, -0.2) is 8.78 Å². The molecule has 5 heteroatoms. The summed E-state index contributed by atoms with van der Waals surface area (Å²) in [6.07, 6.45) is 5.00. The van der Waals surface area contributed by atoms with E-state index in [1.165, 1.54) is 24.1 Å². The zero-order chi connectivity index (χ0) is 16.2. The van der Waals surface area contributed by atoms with Crippen LogP contribution in [0.5, 0.6) is 0 Å². The minimum absolute atomic E-state index is 0.0967. The van der Waals surface area contributed by atoms with Gasteiger partial charge in [0.05, 0.1) is 21.3 Å². The van der Waals surface area contributed by atoms with Crippen LogP contribution in [0.2, 0.25) is 0 Å². The summed E-state index contributed by atoms with van der Waals surface area (Å²) in [6, 6.07) is 6.16. The maximum Gasteiger partial charge on any atom is 0.143 e. The van der Waals surface area contributed by atoms with E-state index in [2.05, 4.69) is 40.3 Å². The van der Waals surface area contributed by atoms with E-state index in [1.54, 1.807) is 11.3 Å². The number of thiocarbonyl (C=S) groups is 1. The van der Waals surface area contributed by atoms with Crippen LogP contribution in [0.3, 0.4) is 0 Å². The van der Waals surface area contributed by atoms with Crippen LogP contribution in [-0.4, -0.2) is 5.16 Å². The molecule has 1 saturated carbocycles. The summed E-state index contributed by atoms with van der Waals surface area (Å²) in [5, 5.41) is 2.08. The van der Waals surface area contributed by atoms with Crippen molar-refractivity contribution in [2.24, 2.45) is 10.9 Å². The third kappa shape index (κ3) is 3.92. The van der Waals surface area contributed by atoms with Gasteiger partial charge in [-0.3, -0.25) is 0 Å². The van der Waals surface area contributed by atoms with Gasteiger partial charge in [0, 0.05) is 17.0 Å². The van der Waals surface area contributed by atoms with Gasteiger partial charge in [0.15, 0.2) is 0 Å². The molecule has 1 aromatic heterocycles. The predicted molar refractivity (Wildman–Crippen MR) is 92.4 cm³/mol. The van der Waals surface area contributed by atoms with Gasteiger partial charge in [0.1, 0.15) is 11.6 Å². The second kappa shape index (κ2) is 7.14. The van der Waals surface area contributed by atoms with Crippen molar-refractivity contribution >= 4 is 34.4 Å². The summed E-state index contributed by atoms with van der Waals surface area (Å²) in [5.74, 6) is 4.73. The van der Waals surface area contributed by atoms with Crippen LogP contribution in [0.15, 0.2) is 29.3 Å². The molecule has 2 aromatic rings. The number of hydrogen-bond donors (Lipinski definition) is 0. The van der Waals surface area contributed by atoms with Crippen molar-refractivity contribution in [2.45, 2.75) is 25.7 Å². The average Bonchev–Trinajstić information content (AvgIpc) is 2.90. The lowest BCUT2D eigenvalue weighted by molar-refractivity contribution is 0.316. The lowest BCUT2D eigenvalue weighted by atomic mass is 9.83. The van der Waals surface area contributed by atoms with E-state index < -0.39 is 11.6 Å². The minimum atomic E-state index is -0.743. The maximum atomic E-state index is 13.9. The Bertz CT molecular complexity index is 811. The van der Waals surface area contributed by atoms with E-state index in [0.717, 1.165) is 29.3 Å². The SMILES string of the molecule is Fc1cc(N=C=S)cc(F)c1C#Cc1ccc(CC2CCC2)s1. The van der Waals surface area contributed by atoms with Gasteiger partial charge in [-0.05, 0) is 36.7 Å². The Hall–Kier alpha value is -1.86. The van der Waals surface area contributed by atoms with E-state index in [1.807, 2.05) is 6.07 Å². The molecule has 0 atom stereocenters. The number of rotatable bonds is 3. The largest absolute Gasteiger partial charge is 0.205 e. The fraction of sp³-hybridized carbons (Fsp3) is 0.278. The molecule has 0 aliphatic heterocycles. The predicted octanol–water partition coefficient (Wildman–Crippen LogP) is 5.50. The van der Waals surface area contributed by atoms with E-state index in [0.29, 0.717) is 0 Å². The summed E-state index contributed by atoms with van der Waals surface area (Å²) in [5.41, 5.74) is -0.151. The second-order valence-corrected chi connectivity index (χ2v) is 6.86. The summed E-state index contributed by atoms with van der Waals surface area (Å²) in [4.78, 5) is 5.67. The molecule has 1 fully saturated rings. The van der Waals surface area contributed by atoms with Crippen molar-refractivity contribution in [2.75, 3.05) is 0 Å². The second-order valence-electron chi connectivity index (χ2n) is 5.50. The Morgan fingerprint density at radius 3 is 2.52 bits per heavy atom. The van der Waals surface area contributed by atoms with Crippen molar-refractivity contribution in [3.8, 4) is 11.8 Å². The zero-order valence-corrected chi connectivity index (χ0v) is 13.9. The van der Waals surface area contributed by atoms with Gasteiger partial charge in [-0.2, -0.15) is 4.99 Å². The Morgan fingerprint density at radius 1 is 1.17 bits per heavy atom. The van der Waals surface area contributed by atoms with Crippen LogP contribution in [0, 0.1) is 29.4 Å². The molecular weight excluding hydrogens is 332 g/mol. The summed E-state index contributed by atoms with van der Waals surface area (Å²) >= 11 is 6.02. The molecular formula is C18H13F2NS2. The Kier molecular flexibility index (Phi) is 4.97. The first-order valence-electron chi connectivity index (χ1n) is 7.33. The Labute approximate surface area is 143 Å². The molecule has 0 amide bonds. The highest BCUT2D eigenvalue weighted by Crippen LogP contribution is 2.31. The highest BCUT2D eigenvalue weighted by molar-refractivity contribution is 7.78. The fourth-order valence-corrected chi connectivity index (χ4v) is 3.54. The molecule has 1 aromatic carbocycles. The molecule has 3 rings (SSSR count). The van der Waals surface area contributed by atoms with Crippen LogP contribution >= 0.6 is 23.6 Å². The molecule has 0 spiro atoms. The Balaban J connectivity index is 1.79. The molecule has 0 radical (unpaired) electrons. The molecule has 1 heterocycles. The number of hydrogen-bond acceptors (Lipinski definition) is 3. The fourth-order valence-electron chi connectivity index (χ4n) is 2.46. The third-order valence-electron chi connectivity index (χ3n) is 3.89. The van der Waals surface area contributed by atoms with Crippen molar-refractivity contribution in [1.82, 2.24) is 0 Å². The van der Waals surface area contributed by atoms with Gasteiger partial charge >= 0.3 is 0 Å². The lowest BCUT2D eigenvalue weighted by Gasteiger charge is -2.24. The van der Waals surface area contributed by atoms with Crippen molar-refractivity contribution < 1.29 is 8.78 Å². The lowest BCUT2D eigenvalue weighted by Crippen LogP contribution is -2.12. The number of isothiocyanates is 1. The molecule has 0 bridgehead atoms. The monoisotopic (exact) mass is 345 g/mol. The quantitative estimate of drug-likeness (QED) is 0.406. The number of nitrogens with zero attached hydrogens (tertiary/aromatic N) is 1. The normalized spacial score (nSPS) is 13.7. The number of thiophene rings is 1. The molecule has 0 unspecified atom stereocenters. The summed E-state index contributed by atoms with van der Waals surface area (Å²) in [6.45, 7) is 0. The maximum absolute atomic E-state index is 13.9. The van der Waals surface area contributed by atoms with E-state index in [4.69, 9.17) is 0 Å². The first-order valence-corrected chi connectivity index (χ1v) is 8.56. The highest BCUT2D eigenvalue weighted by Gasteiger charge is 2.18. The zero-order valence-electron chi connectivity index (χ0n) is 12.2. The first kappa shape index (κ1) is 16.0. The molecule has 0 saturated heterocycles. The molecule has 1 aliphatic carbocycles. The number of aliphatic imine (C=N–C) groups is 1. The van der Waals surface area contributed by atoms with Crippen LogP contribution in [0.25, 0.3) is 0 Å². The van der Waals surface area contributed by atoms with Crippen molar-refractivity contribution in [1.29, 1.82) is 0 Å². The van der Waals surface area contributed by atoms with Gasteiger partial charge in [-0.1, -0.05) is 31.1 Å². The van der Waals surface area contributed by atoms with Crippen LogP contribution in [0.4, 0.5) is 14.5 Å².